The molecule has 0 aliphatic carbocycles. The van der Waals surface area contributed by atoms with Crippen molar-refractivity contribution in [1.82, 2.24) is 10.3 Å². The highest BCUT2D eigenvalue weighted by atomic mass is 32.2. The van der Waals surface area contributed by atoms with Gasteiger partial charge in [0.05, 0.1) is 17.9 Å². The third-order valence-electron chi connectivity index (χ3n) is 3.30. The number of thiazole rings is 1. The Hall–Kier alpha value is -1.86. The summed E-state index contributed by atoms with van der Waals surface area (Å²) in [5, 5.41) is 14.1. The lowest BCUT2D eigenvalue weighted by Crippen LogP contribution is -2.27. The number of thioether (sulfide) groups is 1. The molecular formula is C17H20N2O3S2. The van der Waals surface area contributed by atoms with E-state index in [1.807, 2.05) is 5.38 Å². The number of aromatic nitrogens is 1. The highest BCUT2D eigenvalue weighted by Gasteiger charge is 2.09. The van der Waals surface area contributed by atoms with Gasteiger partial charge in [0.25, 0.3) is 0 Å². The molecule has 24 heavy (non-hydrogen) atoms. The van der Waals surface area contributed by atoms with Crippen LogP contribution in [0.15, 0.2) is 29.6 Å². The van der Waals surface area contributed by atoms with E-state index in [0.29, 0.717) is 12.3 Å². The summed E-state index contributed by atoms with van der Waals surface area (Å²) in [6.45, 7) is 2.58. The van der Waals surface area contributed by atoms with E-state index in [4.69, 9.17) is 5.11 Å². The van der Waals surface area contributed by atoms with Gasteiger partial charge >= 0.3 is 5.97 Å². The number of carboxylic acid groups (broad SMARTS) is 1. The Balaban J connectivity index is 1.80. The number of nitrogens with zero attached hydrogens (tertiary/aromatic N) is 1. The highest BCUT2D eigenvalue weighted by Crippen LogP contribution is 2.24. The Morgan fingerprint density at radius 2 is 2.04 bits per heavy atom. The van der Waals surface area contributed by atoms with Gasteiger partial charge in [-0.3, -0.25) is 9.59 Å². The lowest BCUT2D eigenvalue weighted by atomic mass is 10.1. The van der Waals surface area contributed by atoms with Crippen LogP contribution in [0.3, 0.4) is 0 Å². The van der Waals surface area contributed by atoms with E-state index < -0.39 is 5.97 Å². The first-order valence-electron chi connectivity index (χ1n) is 7.68. The molecule has 1 aromatic heterocycles. The van der Waals surface area contributed by atoms with Crippen molar-refractivity contribution in [2.24, 2.45) is 0 Å². The quantitative estimate of drug-likeness (QED) is 0.669. The van der Waals surface area contributed by atoms with E-state index in [9.17, 15) is 9.59 Å². The van der Waals surface area contributed by atoms with Gasteiger partial charge < -0.3 is 10.4 Å². The van der Waals surface area contributed by atoms with E-state index in [-0.39, 0.29) is 18.1 Å². The number of rotatable bonds is 9. The number of carbonyl (C=O) groups is 2. The minimum absolute atomic E-state index is 0.0577. The molecule has 5 nitrogen and oxygen atoms in total. The van der Waals surface area contributed by atoms with Crippen LogP contribution in [0.25, 0.3) is 10.6 Å². The maximum absolute atomic E-state index is 11.9. The maximum Gasteiger partial charge on any atom is 0.313 e. The van der Waals surface area contributed by atoms with E-state index in [2.05, 4.69) is 41.5 Å². The third-order valence-corrected chi connectivity index (χ3v) is 5.18. The Morgan fingerprint density at radius 1 is 1.29 bits per heavy atom. The van der Waals surface area contributed by atoms with Gasteiger partial charge in [-0.05, 0) is 12.0 Å². The average molecular weight is 364 g/mol. The molecule has 2 aromatic rings. The first kappa shape index (κ1) is 18.5. The minimum Gasteiger partial charge on any atom is -0.481 e. The Bertz CT molecular complexity index is 683. The number of hydrogen-bond acceptors (Lipinski definition) is 5. The third kappa shape index (κ3) is 5.98. The summed E-state index contributed by atoms with van der Waals surface area (Å²) in [5.41, 5.74) is 3.11. The van der Waals surface area contributed by atoms with E-state index in [1.54, 1.807) is 0 Å². The Labute approximate surface area is 149 Å². The predicted octanol–water partition coefficient (Wildman–Crippen LogP) is 2.85. The zero-order chi connectivity index (χ0) is 17.4. The summed E-state index contributed by atoms with van der Waals surface area (Å²) >= 11 is 2.82. The van der Waals surface area contributed by atoms with Gasteiger partial charge in [0.2, 0.25) is 5.91 Å². The highest BCUT2D eigenvalue weighted by molar-refractivity contribution is 7.99. The molecule has 128 valence electrons. The molecule has 7 heteroatoms. The van der Waals surface area contributed by atoms with Crippen LogP contribution in [0.1, 0.15) is 18.2 Å². The van der Waals surface area contributed by atoms with Crippen molar-refractivity contribution >= 4 is 35.0 Å². The zero-order valence-electron chi connectivity index (χ0n) is 13.4. The Kier molecular flexibility index (Phi) is 7.27. The van der Waals surface area contributed by atoms with Gasteiger partial charge in [0.1, 0.15) is 5.01 Å². The van der Waals surface area contributed by atoms with Gasteiger partial charge in [-0.2, -0.15) is 0 Å². The molecule has 0 spiro atoms. The number of amides is 1. The molecule has 0 saturated heterocycles. The van der Waals surface area contributed by atoms with Gasteiger partial charge in [-0.25, -0.2) is 4.98 Å². The van der Waals surface area contributed by atoms with Crippen molar-refractivity contribution < 1.29 is 14.7 Å². The number of carboxylic acids is 1. The van der Waals surface area contributed by atoms with Crippen molar-refractivity contribution in [3.63, 3.8) is 0 Å². The molecule has 2 rings (SSSR count). The number of aryl methyl sites for hydroxylation is 1. The Morgan fingerprint density at radius 3 is 2.71 bits per heavy atom. The van der Waals surface area contributed by atoms with Crippen molar-refractivity contribution in [3.05, 3.63) is 40.9 Å². The van der Waals surface area contributed by atoms with E-state index in [1.165, 1.54) is 28.7 Å². The van der Waals surface area contributed by atoms with Gasteiger partial charge in [-0.1, -0.05) is 31.2 Å². The predicted molar refractivity (Wildman–Crippen MR) is 98.6 cm³/mol. The van der Waals surface area contributed by atoms with Gasteiger partial charge in [0.15, 0.2) is 0 Å². The van der Waals surface area contributed by atoms with Gasteiger partial charge in [0, 0.05) is 23.2 Å². The lowest BCUT2D eigenvalue weighted by molar-refractivity contribution is -0.133. The van der Waals surface area contributed by atoms with Crippen molar-refractivity contribution in [2.75, 3.05) is 18.1 Å². The first-order chi connectivity index (χ1) is 11.6. The number of aliphatic carboxylic acids is 1. The fraction of sp³-hybridized carbons (Fsp3) is 0.353. The van der Waals surface area contributed by atoms with Crippen LogP contribution in [-0.4, -0.2) is 40.0 Å². The van der Waals surface area contributed by atoms with Crippen LogP contribution in [0.4, 0.5) is 0 Å². The molecule has 0 atom stereocenters. The van der Waals surface area contributed by atoms with Crippen LogP contribution >= 0.6 is 23.1 Å². The summed E-state index contributed by atoms with van der Waals surface area (Å²) in [7, 11) is 0. The number of benzene rings is 1. The van der Waals surface area contributed by atoms with Crippen molar-refractivity contribution in [1.29, 1.82) is 0 Å². The SMILES string of the molecule is CCc1ccc(-c2nc(CC(=O)NCCSCC(=O)O)cs2)cc1. The molecule has 0 unspecified atom stereocenters. The average Bonchev–Trinajstić information content (AvgIpc) is 3.02. The molecule has 0 radical (unpaired) electrons. The van der Waals surface area contributed by atoms with Gasteiger partial charge in [-0.15, -0.1) is 23.1 Å². The second kappa shape index (κ2) is 9.44. The molecule has 1 heterocycles. The van der Waals surface area contributed by atoms with Crippen LogP contribution in [-0.2, 0) is 22.4 Å². The molecule has 0 bridgehead atoms. The monoisotopic (exact) mass is 364 g/mol. The number of hydrogen-bond donors (Lipinski definition) is 2. The number of carbonyl (C=O) groups excluding carboxylic acids is 1. The second-order valence-corrected chi connectivity index (χ2v) is 7.13. The van der Waals surface area contributed by atoms with Crippen LogP contribution in [0.5, 0.6) is 0 Å². The topological polar surface area (TPSA) is 79.3 Å². The molecular weight excluding hydrogens is 344 g/mol. The van der Waals surface area contributed by atoms with Crippen molar-refractivity contribution in [2.45, 2.75) is 19.8 Å². The first-order valence-corrected chi connectivity index (χ1v) is 9.72. The fourth-order valence-electron chi connectivity index (χ4n) is 2.05. The molecule has 0 aliphatic heterocycles. The summed E-state index contributed by atoms with van der Waals surface area (Å²) < 4.78 is 0. The van der Waals surface area contributed by atoms with Crippen LogP contribution in [0, 0.1) is 0 Å². The minimum atomic E-state index is -0.840. The van der Waals surface area contributed by atoms with Crippen LogP contribution < -0.4 is 5.32 Å². The summed E-state index contributed by atoms with van der Waals surface area (Å²) in [5.74, 6) is -0.288. The molecule has 1 amide bonds. The standard InChI is InChI=1S/C17H20N2O3S2/c1-2-12-3-5-13(6-4-12)17-19-14(10-24-17)9-15(20)18-7-8-23-11-16(21)22/h3-6,10H,2,7-9,11H2,1H3,(H,18,20)(H,21,22). The molecule has 0 saturated carbocycles. The fourth-order valence-corrected chi connectivity index (χ4v) is 3.44. The van der Waals surface area contributed by atoms with Crippen molar-refractivity contribution in [3.8, 4) is 10.6 Å². The lowest BCUT2D eigenvalue weighted by Gasteiger charge is -2.03. The largest absolute Gasteiger partial charge is 0.481 e. The molecule has 2 N–H and O–H groups in total. The summed E-state index contributed by atoms with van der Waals surface area (Å²) in [4.78, 5) is 26.8. The molecule has 0 fully saturated rings. The summed E-state index contributed by atoms with van der Waals surface area (Å²) in [6.07, 6.45) is 1.25. The van der Waals surface area contributed by atoms with Crippen LogP contribution in [0.2, 0.25) is 0 Å². The molecule has 1 aromatic carbocycles. The second-order valence-electron chi connectivity index (χ2n) is 5.17. The smallest absolute Gasteiger partial charge is 0.313 e. The number of nitrogens with one attached hydrogen (secondary N) is 1. The maximum atomic E-state index is 11.9. The molecule has 0 aliphatic rings. The van der Waals surface area contributed by atoms with E-state index >= 15 is 0 Å². The zero-order valence-corrected chi connectivity index (χ0v) is 15.1. The van der Waals surface area contributed by atoms with E-state index in [0.717, 1.165) is 22.7 Å². The normalized spacial score (nSPS) is 10.5. The summed E-state index contributed by atoms with van der Waals surface area (Å²) in [6, 6.07) is 8.30.